The summed E-state index contributed by atoms with van der Waals surface area (Å²) >= 11 is 0. The van der Waals surface area contributed by atoms with Gasteiger partial charge in [-0.05, 0) is 11.6 Å². The van der Waals surface area contributed by atoms with Gasteiger partial charge in [0.2, 0.25) is 0 Å². The SMILES string of the molecule is O=C1C=C(CNCc2ccccc2)C(=O)c2ccccc21. The third-order valence-electron chi connectivity index (χ3n) is 3.52. The van der Waals surface area contributed by atoms with E-state index in [1.807, 2.05) is 30.3 Å². The van der Waals surface area contributed by atoms with Crippen LogP contribution in [0.5, 0.6) is 0 Å². The quantitative estimate of drug-likeness (QED) is 0.934. The van der Waals surface area contributed by atoms with Crippen molar-refractivity contribution >= 4 is 11.6 Å². The van der Waals surface area contributed by atoms with E-state index < -0.39 is 0 Å². The minimum absolute atomic E-state index is 0.0641. The molecular weight excluding hydrogens is 262 g/mol. The molecule has 0 spiro atoms. The predicted octanol–water partition coefficient (Wildman–Crippen LogP) is 2.78. The summed E-state index contributed by atoms with van der Waals surface area (Å²) in [4.78, 5) is 24.4. The standard InChI is InChI=1S/C18H15NO2/c20-17-10-14(12-19-11-13-6-2-1-3-7-13)18(21)16-9-5-4-8-15(16)17/h1-10,19H,11-12H2. The fraction of sp³-hybridized carbons (Fsp3) is 0.111. The molecule has 1 aliphatic rings. The maximum absolute atomic E-state index is 12.3. The zero-order chi connectivity index (χ0) is 14.7. The zero-order valence-corrected chi connectivity index (χ0v) is 11.5. The van der Waals surface area contributed by atoms with Crippen molar-refractivity contribution in [3.63, 3.8) is 0 Å². The van der Waals surface area contributed by atoms with Gasteiger partial charge in [-0.3, -0.25) is 9.59 Å². The topological polar surface area (TPSA) is 46.2 Å². The molecule has 2 aromatic rings. The number of rotatable bonds is 4. The largest absolute Gasteiger partial charge is 0.308 e. The normalized spacial score (nSPS) is 13.8. The molecule has 3 rings (SSSR count). The van der Waals surface area contributed by atoms with Crippen molar-refractivity contribution < 1.29 is 9.59 Å². The average molecular weight is 277 g/mol. The lowest BCUT2D eigenvalue weighted by Gasteiger charge is -2.15. The van der Waals surface area contributed by atoms with Crippen LogP contribution in [-0.4, -0.2) is 18.1 Å². The highest BCUT2D eigenvalue weighted by Gasteiger charge is 2.24. The van der Waals surface area contributed by atoms with E-state index >= 15 is 0 Å². The number of hydrogen-bond donors (Lipinski definition) is 1. The van der Waals surface area contributed by atoms with Crippen molar-refractivity contribution in [3.05, 3.63) is 82.9 Å². The predicted molar refractivity (Wildman–Crippen MR) is 81.3 cm³/mol. The summed E-state index contributed by atoms with van der Waals surface area (Å²) in [5, 5.41) is 3.21. The second-order valence-electron chi connectivity index (χ2n) is 5.00. The summed E-state index contributed by atoms with van der Waals surface area (Å²) in [6, 6.07) is 16.9. The fourth-order valence-electron chi connectivity index (χ4n) is 2.44. The van der Waals surface area contributed by atoms with E-state index in [1.54, 1.807) is 24.3 Å². The van der Waals surface area contributed by atoms with Crippen molar-refractivity contribution in [3.8, 4) is 0 Å². The Hall–Kier alpha value is -2.52. The molecule has 0 fully saturated rings. The third kappa shape index (κ3) is 2.83. The number of benzene rings is 2. The van der Waals surface area contributed by atoms with Crippen LogP contribution in [0, 0.1) is 0 Å². The van der Waals surface area contributed by atoms with Crippen LogP contribution in [0.3, 0.4) is 0 Å². The first-order valence-electron chi connectivity index (χ1n) is 6.89. The maximum Gasteiger partial charge on any atom is 0.191 e. The molecular formula is C18H15NO2. The molecule has 0 aliphatic heterocycles. The Morgan fingerprint density at radius 1 is 0.762 bits per heavy atom. The molecule has 0 heterocycles. The first-order valence-corrected chi connectivity index (χ1v) is 6.89. The van der Waals surface area contributed by atoms with Crippen molar-refractivity contribution in [1.82, 2.24) is 5.32 Å². The minimum Gasteiger partial charge on any atom is -0.308 e. The molecule has 0 atom stereocenters. The van der Waals surface area contributed by atoms with Gasteiger partial charge in [0.25, 0.3) is 0 Å². The third-order valence-corrected chi connectivity index (χ3v) is 3.52. The molecule has 0 amide bonds. The van der Waals surface area contributed by atoms with Gasteiger partial charge in [-0.1, -0.05) is 54.6 Å². The molecule has 0 saturated heterocycles. The second-order valence-corrected chi connectivity index (χ2v) is 5.00. The van der Waals surface area contributed by atoms with E-state index in [1.165, 1.54) is 6.08 Å². The summed E-state index contributed by atoms with van der Waals surface area (Å²) in [6.07, 6.45) is 1.45. The highest BCUT2D eigenvalue weighted by Crippen LogP contribution is 2.20. The molecule has 21 heavy (non-hydrogen) atoms. The van der Waals surface area contributed by atoms with Crippen LogP contribution < -0.4 is 5.32 Å². The number of carbonyl (C=O) groups excluding carboxylic acids is 2. The number of hydrogen-bond acceptors (Lipinski definition) is 3. The van der Waals surface area contributed by atoms with E-state index in [4.69, 9.17) is 0 Å². The second kappa shape index (κ2) is 5.85. The van der Waals surface area contributed by atoms with Gasteiger partial charge < -0.3 is 5.32 Å². The molecule has 0 radical (unpaired) electrons. The minimum atomic E-state index is -0.0956. The highest BCUT2D eigenvalue weighted by atomic mass is 16.1. The van der Waals surface area contributed by atoms with Crippen molar-refractivity contribution in [2.75, 3.05) is 6.54 Å². The Balaban J connectivity index is 1.70. The summed E-state index contributed by atoms with van der Waals surface area (Å²) in [7, 11) is 0. The van der Waals surface area contributed by atoms with E-state index in [0.717, 1.165) is 5.56 Å². The molecule has 1 aliphatic carbocycles. The van der Waals surface area contributed by atoms with Crippen LogP contribution in [0.25, 0.3) is 0 Å². The Bertz CT molecular complexity index is 717. The maximum atomic E-state index is 12.3. The molecule has 1 N–H and O–H groups in total. The Kier molecular flexibility index (Phi) is 3.75. The van der Waals surface area contributed by atoms with Crippen LogP contribution in [0.15, 0.2) is 66.2 Å². The van der Waals surface area contributed by atoms with Gasteiger partial charge in [-0.2, -0.15) is 0 Å². The van der Waals surface area contributed by atoms with Gasteiger partial charge >= 0.3 is 0 Å². The lowest BCUT2D eigenvalue weighted by Crippen LogP contribution is -2.25. The molecule has 2 aromatic carbocycles. The summed E-state index contributed by atoms with van der Waals surface area (Å²) < 4.78 is 0. The van der Waals surface area contributed by atoms with Crippen LogP contribution in [0.4, 0.5) is 0 Å². The van der Waals surface area contributed by atoms with E-state index in [9.17, 15) is 9.59 Å². The summed E-state index contributed by atoms with van der Waals surface area (Å²) in [5.74, 6) is -0.160. The average Bonchev–Trinajstić information content (AvgIpc) is 2.53. The zero-order valence-electron chi connectivity index (χ0n) is 11.5. The monoisotopic (exact) mass is 277 g/mol. The molecule has 104 valence electrons. The van der Waals surface area contributed by atoms with Gasteiger partial charge in [0.05, 0.1) is 0 Å². The molecule has 3 heteroatoms. The van der Waals surface area contributed by atoms with Crippen LogP contribution in [0.1, 0.15) is 26.3 Å². The molecule has 0 bridgehead atoms. The smallest absolute Gasteiger partial charge is 0.191 e. The van der Waals surface area contributed by atoms with E-state index in [0.29, 0.717) is 29.8 Å². The Labute approximate surface area is 123 Å². The van der Waals surface area contributed by atoms with Crippen molar-refractivity contribution in [2.24, 2.45) is 0 Å². The van der Waals surface area contributed by atoms with Crippen LogP contribution in [0.2, 0.25) is 0 Å². The first kappa shape index (κ1) is 13.5. The molecule has 0 aromatic heterocycles. The number of ketones is 2. The number of carbonyl (C=O) groups is 2. The first-order chi connectivity index (χ1) is 10.3. The summed E-state index contributed by atoms with van der Waals surface area (Å²) in [5.41, 5.74) is 2.67. The molecule has 3 nitrogen and oxygen atoms in total. The van der Waals surface area contributed by atoms with Gasteiger partial charge in [0, 0.05) is 29.8 Å². The summed E-state index contributed by atoms with van der Waals surface area (Å²) in [6.45, 7) is 1.06. The van der Waals surface area contributed by atoms with E-state index in [2.05, 4.69) is 5.32 Å². The number of nitrogens with one attached hydrogen (secondary N) is 1. The number of Topliss-reactive ketones (excluding diaryl/α,β-unsaturated/α-hetero) is 1. The number of fused-ring (bicyclic) bond motifs is 1. The fourth-order valence-corrected chi connectivity index (χ4v) is 2.44. The van der Waals surface area contributed by atoms with Crippen LogP contribution >= 0.6 is 0 Å². The Morgan fingerprint density at radius 3 is 2.19 bits per heavy atom. The van der Waals surface area contributed by atoms with Crippen LogP contribution in [-0.2, 0) is 6.54 Å². The van der Waals surface area contributed by atoms with E-state index in [-0.39, 0.29) is 11.6 Å². The van der Waals surface area contributed by atoms with Gasteiger partial charge in [-0.25, -0.2) is 0 Å². The Morgan fingerprint density at radius 2 is 1.43 bits per heavy atom. The van der Waals surface area contributed by atoms with Gasteiger partial charge in [-0.15, -0.1) is 0 Å². The van der Waals surface area contributed by atoms with Crippen molar-refractivity contribution in [1.29, 1.82) is 0 Å². The lowest BCUT2D eigenvalue weighted by molar-refractivity contribution is 0.0982. The highest BCUT2D eigenvalue weighted by molar-refractivity contribution is 6.24. The van der Waals surface area contributed by atoms with Gasteiger partial charge in [0.15, 0.2) is 11.6 Å². The van der Waals surface area contributed by atoms with Crippen molar-refractivity contribution in [2.45, 2.75) is 6.54 Å². The van der Waals surface area contributed by atoms with Gasteiger partial charge in [0.1, 0.15) is 0 Å². The lowest BCUT2D eigenvalue weighted by atomic mass is 9.89. The molecule has 0 saturated carbocycles. The number of allylic oxidation sites excluding steroid dienone is 1. The molecule has 0 unspecified atom stereocenters.